The molecule has 7 nitrogen and oxygen atoms in total. The Hall–Kier alpha value is -3.26. The van der Waals surface area contributed by atoms with Gasteiger partial charge in [0.25, 0.3) is 11.8 Å². The van der Waals surface area contributed by atoms with Crippen LogP contribution in [0, 0.1) is 0 Å². The number of fused-ring (bicyclic) bond motifs is 1. The van der Waals surface area contributed by atoms with Crippen LogP contribution < -0.4 is 5.32 Å². The lowest BCUT2D eigenvalue weighted by Gasteiger charge is -2.34. The zero-order chi connectivity index (χ0) is 21.8. The van der Waals surface area contributed by atoms with Gasteiger partial charge in [0.05, 0.1) is 17.2 Å². The van der Waals surface area contributed by atoms with E-state index in [0.717, 1.165) is 10.5 Å². The minimum atomic E-state index is -0.345. The third-order valence-corrected chi connectivity index (χ3v) is 6.21. The van der Waals surface area contributed by atoms with Crippen LogP contribution in [0.5, 0.6) is 0 Å². The van der Waals surface area contributed by atoms with Crippen molar-refractivity contribution in [2.75, 3.05) is 38.1 Å². The Labute approximate surface area is 185 Å². The minimum absolute atomic E-state index is 0.115. The molecule has 2 aromatic carbocycles. The Kier molecular flexibility index (Phi) is 6.27. The van der Waals surface area contributed by atoms with E-state index in [2.05, 4.69) is 5.32 Å². The highest BCUT2D eigenvalue weighted by molar-refractivity contribution is 8.04. The SMILES string of the molecule is CCOC(=O)N1CCN(C(=O)c2ccc3c(c2)NC(=O)/C(=C/c2ccccc2)S3)CC1. The second-order valence-electron chi connectivity index (χ2n) is 7.16. The molecule has 0 unspecified atom stereocenters. The highest BCUT2D eigenvalue weighted by Gasteiger charge is 2.27. The predicted octanol–water partition coefficient (Wildman–Crippen LogP) is 3.69. The lowest BCUT2D eigenvalue weighted by Crippen LogP contribution is -2.50. The molecule has 0 atom stereocenters. The standard InChI is InChI=1S/C23H23N3O4S/c1-2-30-23(29)26-12-10-25(11-13-26)22(28)17-8-9-19-18(15-17)24-21(27)20(31-19)14-16-6-4-3-5-7-16/h3-9,14-15H,2,10-13H2,1H3,(H,24,27)/b20-14-. The van der Waals surface area contributed by atoms with Gasteiger partial charge in [-0.3, -0.25) is 9.59 Å². The first-order valence-corrected chi connectivity index (χ1v) is 11.0. The number of amides is 3. The molecule has 0 bridgehead atoms. The second-order valence-corrected chi connectivity index (χ2v) is 8.25. The van der Waals surface area contributed by atoms with Crippen molar-refractivity contribution >= 4 is 41.4 Å². The van der Waals surface area contributed by atoms with Gasteiger partial charge in [0.1, 0.15) is 0 Å². The molecular formula is C23H23N3O4S. The van der Waals surface area contributed by atoms with Gasteiger partial charge < -0.3 is 19.9 Å². The van der Waals surface area contributed by atoms with E-state index in [4.69, 9.17) is 4.74 Å². The number of rotatable bonds is 3. The molecule has 2 aliphatic heterocycles. The van der Waals surface area contributed by atoms with Gasteiger partial charge in [-0.15, -0.1) is 0 Å². The van der Waals surface area contributed by atoms with Crippen LogP contribution in [0.2, 0.25) is 0 Å². The maximum atomic E-state index is 12.9. The van der Waals surface area contributed by atoms with Crippen LogP contribution in [0.1, 0.15) is 22.8 Å². The van der Waals surface area contributed by atoms with Crippen molar-refractivity contribution in [3.63, 3.8) is 0 Å². The summed E-state index contributed by atoms with van der Waals surface area (Å²) >= 11 is 1.39. The van der Waals surface area contributed by atoms with Crippen molar-refractivity contribution in [1.82, 2.24) is 9.80 Å². The summed E-state index contributed by atoms with van der Waals surface area (Å²) in [6.45, 7) is 3.87. The summed E-state index contributed by atoms with van der Waals surface area (Å²) in [5, 5.41) is 2.90. The van der Waals surface area contributed by atoms with Gasteiger partial charge in [0.2, 0.25) is 0 Å². The molecule has 3 amide bonds. The third-order valence-electron chi connectivity index (χ3n) is 5.11. The molecule has 1 saturated heterocycles. The van der Waals surface area contributed by atoms with E-state index in [9.17, 15) is 14.4 Å². The highest BCUT2D eigenvalue weighted by Crippen LogP contribution is 2.39. The van der Waals surface area contributed by atoms with Crippen molar-refractivity contribution in [3.05, 3.63) is 64.6 Å². The van der Waals surface area contributed by atoms with Crippen LogP contribution >= 0.6 is 11.8 Å². The number of carbonyl (C=O) groups is 3. The number of hydrogen-bond acceptors (Lipinski definition) is 5. The quantitative estimate of drug-likeness (QED) is 0.741. The van der Waals surface area contributed by atoms with Gasteiger partial charge in [0.15, 0.2) is 0 Å². The third kappa shape index (κ3) is 4.74. The van der Waals surface area contributed by atoms with Gasteiger partial charge >= 0.3 is 6.09 Å². The first kappa shape index (κ1) is 21.0. The molecule has 2 aliphatic rings. The monoisotopic (exact) mass is 437 g/mol. The summed E-state index contributed by atoms with van der Waals surface area (Å²) in [5.74, 6) is -0.301. The Morgan fingerprint density at radius 2 is 1.77 bits per heavy atom. The predicted molar refractivity (Wildman–Crippen MR) is 120 cm³/mol. The van der Waals surface area contributed by atoms with Crippen LogP contribution in [-0.2, 0) is 9.53 Å². The largest absolute Gasteiger partial charge is 0.450 e. The zero-order valence-electron chi connectivity index (χ0n) is 17.2. The number of thioether (sulfide) groups is 1. The molecule has 2 heterocycles. The van der Waals surface area contributed by atoms with Crippen molar-refractivity contribution in [2.24, 2.45) is 0 Å². The molecule has 160 valence electrons. The van der Waals surface area contributed by atoms with Crippen LogP contribution in [0.3, 0.4) is 0 Å². The van der Waals surface area contributed by atoms with Gasteiger partial charge in [-0.1, -0.05) is 42.1 Å². The van der Waals surface area contributed by atoms with E-state index in [1.165, 1.54) is 11.8 Å². The maximum absolute atomic E-state index is 12.9. The molecule has 0 aromatic heterocycles. The Bertz CT molecular complexity index is 1030. The number of benzene rings is 2. The minimum Gasteiger partial charge on any atom is -0.450 e. The van der Waals surface area contributed by atoms with Crippen molar-refractivity contribution in [1.29, 1.82) is 0 Å². The fraction of sp³-hybridized carbons (Fsp3) is 0.261. The van der Waals surface area contributed by atoms with Crippen molar-refractivity contribution in [2.45, 2.75) is 11.8 Å². The van der Waals surface area contributed by atoms with E-state index < -0.39 is 0 Å². The summed E-state index contributed by atoms with van der Waals surface area (Å²) in [5.41, 5.74) is 2.10. The number of hydrogen-bond donors (Lipinski definition) is 1. The van der Waals surface area contributed by atoms with Gasteiger partial charge in [-0.25, -0.2) is 4.79 Å². The summed E-state index contributed by atoms with van der Waals surface area (Å²) in [7, 11) is 0. The molecule has 0 spiro atoms. The summed E-state index contributed by atoms with van der Waals surface area (Å²) in [6.07, 6.45) is 1.51. The summed E-state index contributed by atoms with van der Waals surface area (Å²) in [4.78, 5) is 42.1. The van der Waals surface area contributed by atoms with Gasteiger partial charge in [-0.2, -0.15) is 0 Å². The molecule has 8 heteroatoms. The Morgan fingerprint density at radius 3 is 2.48 bits per heavy atom. The fourth-order valence-corrected chi connectivity index (χ4v) is 4.42. The summed E-state index contributed by atoms with van der Waals surface area (Å²) < 4.78 is 5.02. The van der Waals surface area contributed by atoms with Crippen LogP contribution in [0.25, 0.3) is 6.08 Å². The molecular weight excluding hydrogens is 414 g/mol. The summed E-state index contributed by atoms with van der Waals surface area (Å²) in [6, 6.07) is 15.0. The lowest BCUT2D eigenvalue weighted by atomic mass is 10.1. The van der Waals surface area contributed by atoms with Crippen molar-refractivity contribution in [3.8, 4) is 0 Å². The number of nitrogens with one attached hydrogen (secondary N) is 1. The number of nitrogens with zero attached hydrogens (tertiary/aromatic N) is 2. The molecule has 1 fully saturated rings. The fourth-order valence-electron chi connectivity index (χ4n) is 3.48. The molecule has 4 rings (SSSR count). The normalized spacial score (nSPS) is 17.2. The Balaban J connectivity index is 1.44. The van der Waals surface area contributed by atoms with E-state index in [1.54, 1.807) is 28.9 Å². The average Bonchev–Trinajstić information content (AvgIpc) is 2.80. The molecule has 0 saturated carbocycles. The highest BCUT2D eigenvalue weighted by atomic mass is 32.2. The van der Waals surface area contributed by atoms with Gasteiger partial charge in [0, 0.05) is 36.6 Å². The molecule has 1 N–H and O–H groups in total. The first-order chi connectivity index (χ1) is 15.0. The van der Waals surface area contributed by atoms with Crippen LogP contribution in [0.15, 0.2) is 58.3 Å². The number of piperazine rings is 1. The van der Waals surface area contributed by atoms with E-state index in [-0.39, 0.29) is 17.9 Å². The van der Waals surface area contributed by atoms with E-state index >= 15 is 0 Å². The molecule has 0 radical (unpaired) electrons. The van der Waals surface area contributed by atoms with Crippen LogP contribution in [0.4, 0.5) is 10.5 Å². The maximum Gasteiger partial charge on any atom is 0.409 e. The topological polar surface area (TPSA) is 79.0 Å². The van der Waals surface area contributed by atoms with Crippen molar-refractivity contribution < 1.29 is 19.1 Å². The molecule has 31 heavy (non-hydrogen) atoms. The second kappa shape index (κ2) is 9.26. The Morgan fingerprint density at radius 1 is 1.06 bits per heavy atom. The number of carbonyl (C=O) groups excluding carboxylic acids is 3. The van der Waals surface area contributed by atoms with E-state index in [1.807, 2.05) is 42.5 Å². The van der Waals surface area contributed by atoms with Crippen LogP contribution in [-0.4, -0.2) is 60.5 Å². The average molecular weight is 438 g/mol. The lowest BCUT2D eigenvalue weighted by molar-refractivity contribution is -0.112. The smallest absolute Gasteiger partial charge is 0.409 e. The number of ether oxygens (including phenoxy) is 1. The van der Waals surface area contributed by atoms with Gasteiger partial charge in [-0.05, 0) is 36.8 Å². The molecule has 0 aliphatic carbocycles. The van der Waals surface area contributed by atoms with E-state index in [0.29, 0.717) is 48.9 Å². The number of anilines is 1. The zero-order valence-corrected chi connectivity index (χ0v) is 18.0. The first-order valence-electron chi connectivity index (χ1n) is 10.2. The molecule has 2 aromatic rings.